The zero-order valence-electron chi connectivity index (χ0n) is 6.82. The Morgan fingerprint density at radius 1 is 1.82 bits per heavy atom. The average Bonchev–Trinajstić information content (AvgIpc) is 2.37. The molecule has 4 heteroatoms. The monoisotopic (exact) mass is 171 g/mol. The maximum absolute atomic E-state index is 5.58. The van der Waals surface area contributed by atoms with E-state index in [1.165, 1.54) is 0 Å². The molecule has 0 bridgehead atoms. The van der Waals surface area contributed by atoms with E-state index >= 15 is 0 Å². The molecule has 0 saturated heterocycles. The molecule has 0 aliphatic carbocycles. The van der Waals surface area contributed by atoms with E-state index in [0.717, 1.165) is 11.2 Å². The second-order valence-electron chi connectivity index (χ2n) is 2.48. The van der Waals surface area contributed by atoms with E-state index < -0.39 is 0 Å². The Morgan fingerprint density at radius 3 is 3.00 bits per heavy atom. The lowest BCUT2D eigenvalue weighted by Crippen LogP contribution is -2.23. The first-order chi connectivity index (χ1) is 5.24. The summed E-state index contributed by atoms with van der Waals surface area (Å²) in [5, 5.41) is 1.93. The van der Waals surface area contributed by atoms with Gasteiger partial charge in [0.15, 0.2) is 0 Å². The Labute approximate surface area is 70.2 Å². The topological polar surface area (TPSA) is 43.3 Å². The summed E-state index contributed by atoms with van der Waals surface area (Å²) in [5.74, 6) is 5.58. The van der Waals surface area contributed by atoms with Crippen molar-refractivity contribution in [3.05, 3.63) is 16.4 Å². The van der Waals surface area contributed by atoms with Crippen LogP contribution < -0.4 is 10.6 Å². The van der Waals surface area contributed by atoms with E-state index in [1.54, 1.807) is 16.0 Å². The molecule has 0 radical (unpaired) electrons. The van der Waals surface area contributed by atoms with E-state index in [9.17, 15) is 0 Å². The lowest BCUT2D eigenvalue weighted by molar-refractivity contribution is 0.685. The third kappa shape index (κ3) is 2.08. The van der Waals surface area contributed by atoms with Crippen LogP contribution in [0.15, 0.2) is 16.6 Å². The van der Waals surface area contributed by atoms with Gasteiger partial charge in [0.25, 0.3) is 0 Å². The maximum Gasteiger partial charge on any atom is 0.203 e. The summed E-state index contributed by atoms with van der Waals surface area (Å²) in [6, 6.07) is 0.364. The number of hydrogen-bond acceptors (Lipinski definition) is 3. The maximum atomic E-state index is 5.58. The number of nitrogens with zero attached hydrogens (tertiary/aromatic N) is 2. The Hall–Kier alpha value is -0.770. The lowest BCUT2D eigenvalue weighted by atomic mass is 10.3. The zero-order chi connectivity index (χ0) is 8.27. The van der Waals surface area contributed by atoms with Crippen LogP contribution in [0.1, 0.15) is 20.3 Å². The first-order valence-corrected chi connectivity index (χ1v) is 4.57. The van der Waals surface area contributed by atoms with Crippen LogP contribution in [-0.4, -0.2) is 10.7 Å². The molecule has 62 valence electrons. The average molecular weight is 171 g/mol. The molecule has 0 aliphatic heterocycles. The highest BCUT2D eigenvalue weighted by Gasteiger charge is 1.94. The van der Waals surface area contributed by atoms with Gasteiger partial charge < -0.3 is 5.84 Å². The number of nitrogen functional groups attached to an aromatic ring is 1. The number of nitrogens with two attached hydrogens (primary N) is 1. The molecular weight excluding hydrogens is 158 g/mol. The van der Waals surface area contributed by atoms with E-state index in [4.69, 9.17) is 5.84 Å². The van der Waals surface area contributed by atoms with Crippen LogP contribution in [0.4, 0.5) is 0 Å². The summed E-state index contributed by atoms with van der Waals surface area (Å²) < 4.78 is 1.55. The molecule has 1 atom stereocenters. The molecular formula is C7H13N3S. The molecule has 1 aromatic heterocycles. The fraction of sp³-hybridized carbons (Fsp3) is 0.571. The zero-order valence-corrected chi connectivity index (χ0v) is 7.64. The van der Waals surface area contributed by atoms with Crippen LogP contribution in [-0.2, 0) is 0 Å². The molecule has 0 aromatic carbocycles. The standard InChI is InChI=1S/C7H13N3S/c1-3-6(2)9-7-10(8)4-5-11-7/h4-6H,3,8H2,1-2H3. The Balaban J connectivity index is 2.90. The first kappa shape index (κ1) is 8.33. The van der Waals surface area contributed by atoms with Crippen molar-refractivity contribution >= 4 is 11.3 Å². The first-order valence-electron chi connectivity index (χ1n) is 3.69. The van der Waals surface area contributed by atoms with Crippen molar-refractivity contribution in [1.29, 1.82) is 0 Å². The van der Waals surface area contributed by atoms with E-state index in [-0.39, 0.29) is 0 Å². The van der Waals surface area contributed by atoms with Gasteiger partial charge in [0.1, 0.15) is 0 Å². The van der Waals surface area contributed by atoms with Gasteiger partial charge in [-0.2, -0.15) is 0 Å². The van der Waals surface area contributed by atoms with Gasteiger partial charge in [-0.15, -0.1) is 11.3 Å². The molecule has 1 unspecified atom stereocenters. The molecule has 1 heterocycles. The predicted octanol–water partition coefficient (Wildman–Crippen LogP) is 0.963. The van der Waals surface area contributed by atoms with Gasteiger partial charge in [-0.3, -0.25) is 4.99 Å². The lowest BCUT2D eigenvalue weighted by Gasteiger charge is -1.98. The second-order valence-corrected chi connectivity index (χ2v) is 3.35. The van der Waals surface area contributed by atoms with Crippen LogP contribution in [0.25, 0.3) is 0 Å². The van der Waals surface area contributed by atoms with Crippen molar-refractivity contribution in [1.82, 2.24) is 4.68 Å². The van der Waals surface area contributed by atoms with E-state index in [2.05, 4.69) is 18.8 Å². The predicted molar refractivity (Wildman–Crippen MR) is 47.8 cm³/mol. The molecule has 1 aromatic rings. The molecule has 1 rings (SSSR count). The molecule has 2 N–H and O–H groups in total. The number of hydrogen-bond donors (Lipinski definition) is 1. The highest BCUT2D eigenvalue weighted by atomic mass is 32.1. The summed E-state index contributed by atoms with van der Waals surface area (Å²) in [5.41, 5.74) is 0. The highest BCUT2D eigenvalue weighted by Crippen LogP contribution is 1.94. The van der Waals surface area contributed by atoms with Gasteiger partial charge >= 0.3 is 0 Å². The van der Waals surface area contributed by atoms with Crippen molar-refractivity contribution in [2.75, 3.05) is 5.84 Å². The van der Waals surface area contributed by atoms with Gasteiger partial charge in [0.2, 0.25) is 4.80 Å². The van der Waals surface area contributed by atoms with Crippen LogP contribution >= 0.6 is 11.3 Å². The number of thiazole rings is 1. The summed E-state index contributed by atoms with van der Waals surface area (Å²) in [6.07, 6.45) is 2.86. The SMILES string of the molecule is CCC(C)N=c1sccn1N. The van der Waals surface area contributed by atoms with Crippen LogP contribution in [0.5, 0.6) is 0 Å². The van der Waals surface area contributed by atoms with Crippen LogP contribution in [0.2, 0.25) is 0 Å². The minimum Gasteiger partial charge on any atom is -0.337 e. The van der Waals surface area contributed by atoms with Crippen LogP contribution in [0, 0.1) is 0 Å². The molecule has 11 heavy (non-hydrogen) atoms. The van der Waals surface area contributed by atoms with Gasteiger partial charge in [-0.25, -0.2) is 4.68 Å². The summed E-state index contributed by atoms with van der Waals surface area (Å²) in [6.45, 7) is 4.20. The van der Waals surface area contributed by atoms with Crippen molar-refractivity contribution in [3.8, 4) is 0 Å². The fourth-order valence-corrected chi connectivity index (χ4v) is 1.40. The summed E-state index contributed by atoms with van der Waals surface area (Å²) >= 11 is 1.56. The third-order valence-electron chi connectivity index (χ3n) is 1.54. The quantitative estimate of drug-likeness (QED) is 0.662. The van der Waals surface area contributed by atoms with Gasteiger partial charge in [0.05, 0.1) is 6.04 Å². The Morgan fingerprint density at radius 2 is 2.55 bits per heavy atom. The van der Waals surface area contributed by atoms with E-state index in [0.29, 0.717) is 6.04 Å². The van der Waals surface area contributed by atoms with Gasteiger partial charge in [0, 0.05) is 11.6 Å². The third-order valence-corrected chi connectivity index (χ3v) is 2.32. The smallest absolute Gasteiger partial charge is 0.203 e. The van der Waals surface area contributed by atoms with E-state index in [1.807, 2.05) is 11.6 Å². The van der Waals surface area contributed by atoms with Gasteiger partial charge in [-0.1, -0.05) is 6.92 Å². The summed E-state index contributed by atoms with van der Waals surface area (Å²) in [7, 11) is 0. The van der Waals surface area contributed by atoms with Gasteiger partial charge in [-0.05, 0) is 13.3 Å². The van der Waals surface area contributed by atoms with Crippen molar-refractivity contribution in [3.63, 3.8) is 0 Å². The molecule has 0 fully saturated rings. The Bertz CT molecular complexity index is 273. The van der Waals surface area contributed by atoms with Crippen molar-refractivity contribution in [2.24, 2.45) is 4.99 Å². The molecule has 3 nitrogen and oxygen atoms in total. The number of aromatic nitrogens is 1. The number of rotatable bonds is 2. The normalized spacial score (nSPS) is 15.3. The minimum atomic E-state index is 0.364. The minimum absolute atomic E-state index is 0.364. The molecule has 0 amide bonds. The fourth-order valence-electron chi connectivity index (χ4n) is 0.658. The van der Waals surface area contributed by atoms with Crippen LogP contribution in [0.3, 0.4) is 0 Å². The summed E-state index contributed by atoms with van der Waals surface area (Å²) in [4.78, 5) is 5.28. The molecule has 0 saturated carbocycles. The second kappa shape index (κ2) is 3.57. The molecule has 0 spiro atoms. The largest absolute Gasteiger partial charge is 0.337 e. The molecule has 0 aliphatic rings. The highest BCUT2D eigenvalue weighted by molar-refractivity contribution is 7.07. The Kier molecular flexibility index (Phi) is 2.70. The van der Waals surface area contributed by atoms with Crippen molar-refractivity contribution in [2.45, 2.75) is 26.3 Å². The van der Waals surface area contributed by atoms with Crippen molar-refractivity contribution < 1.29 is 0 Å².